The average Bonchev–Trinajstić information content (AvgIpc) is 3.19. The molecule has 1 heterocycles. The second-order valence-corrected chi connectivity index (χ2v) is 6.89. The molecular formula is C20H28N4O3. The Bertz CT molecular complexity index is 723. The lowest BCUT2D eigenvalue weighted by molar-refractivity contribution is 0.141. The molecule has 7 nitrogen and oxygen atoms in total. The summed E-state index contributed by atoms with van der Waals surface area (Å²) in [5, 5.41) is 7.06. The molecule has 2 aromatic rings. The molecule has 0 aliphatic heterocycles. The number of urea groups is 1. The molecular weight excluding hydrogens is 344 g/mol. The van der Waals surface area contributed by atoms with Gasteiger partial charge in [-0.25, -0.2) is 4.79 Å². The van der Waals surface area contributed by atoms with Gasteiger partial charge in [-0.05, 0) is 43.5 Å². The normalized spacial score (nSPS) is 14.7. The number of methoxy groups -OCH3 is 1. The molecule has 3 rings (SSSR count). The Balaban J connectivity index is 1.72. The lowest BCUT2D eigenvalue weighted by Gasteiger charge is -2.33. The van der Waals surface area contributed by atoms with Gasteiger partial charge in [0, 0.05) is 18.2 Å². The number of amides is 2. The van der Waals surface area contributed by atoms with Crippen LogP contribution in [0, 0.1) is 0 Å². The summed E-state index contributed by atoms with van der Waals surface area (Å²) in [7, 11) is 1.63. The van der Waals surface area contributed by atoms with Gasteiger partial charge in [-0.15, -0.1) is 0 Å². The van der Waals surface area contributed by atoms with Gasteiger partial charge in [0.1, 0.15) is 12.3 Å². The summed E-state index contributed by atoms with van der Waals surface area (Å²) in [5.41, 5.74) is 0.852. The molecule has 0 saturated heterocycles. The zero-order chi connectivity index (χ0) is 19.1. The van der Waals surface area contributed by atoms with Gasteiger partial charge < -0.3 is 19.5 Å². The first-order valence-electron chi connectivity index (χ1n) is 9.72. The summed E-state index contributed by atoms with van der Waals surface area (Å²) in [4.78, 5) is 19.0. The van der Waals surface area contributed by atoms with Crippen molar-refractivity contribution >= 4 is 6.03 Å². The van der Waals surface area contributed by atoms with Crippen LogP contribution in [0.15, 0.2) is 28.8 Å². The molecule has 1 saturated carbocycles. The van der Waals surface area contributed by atoms with E-state index in [9.17, 15) is 4.79 Å². The van der Waals surface area contributed by atoms with Crippen molar-refractivity contribution in [2.45, 2.75) is 58.0 Å². The van der Waals surface area contributed by atoms with E-state index in [2.05, 4.69) is 15.5 Å². The molecule has 146 valence electrons. The van der Waals surface area contributed by atoms with Gasteiger partial charge in [0.2, 0.25) is 11.7 Å². The minimum absolute atomic E-state index is 0.0482. The minimum Gasteiger partial charge on any atom is -0.497 e. The summed E-state index contributed by atoms with van der Waals surface area (Å²) < 4.78 is 10.6. The van der Waals surface area contributed by atoms with Crippen LogP contribution < -0.4 is 10.1 Å². The van der Waals surface area contributed by atoms with Gasteiger partial charge in [-0.1, -0.05) is 31.3 Å². The van der Waals surface area contributed by atoms with Crippen LogP contribution in [0.4, 0.5) is 4.79 Å². The Morgan fingerprint density at radius 3 is 2.67 bits per heavy atom. The van der Waals surface area contributed by atoms with Gasteiger partial charge in [0.05, 0.1) is 7.11 Å². The van der Waals surface area contributed by atoms with Crippen molar-refractivity contribution in [1.82, 2.24) is 20.4 Å². The molecule has 2 amide bonds. The zero-order valence-electron chi connectivity index (χ0n) is 16.1. The Hall–Kier alpha value is -2.57. The van der Waals surface area contributed by atoms with E-state index in [1.165, 1.54) is 6.42 Å². The maximum absolute atomic E-state index is 12.7. The maximum Gasteiger partial charge on any atom is 0.318 e. The molecule has 1 aromatic heterocycles. The van der Waals surface area contributed by atoms with E-state index in [0.29, 0.717) is 24.8 Å². The maximum atomic E-state index is 12.7. The van der Waals surface area contributed by atoms with Crippen LogP contribution in [0.3, 0.4) is 0 Å². The van der Waals surface area contributed by atoms with Crippen LogP contribution in [0.1, 0.15) is 51.3 Å². The highest BCUT2D eigenvalue weighted by Crippen LogP contribution is 2.25. The Labute approximate surface area is 160 Å². The van der Waals surface area contributed by atoms with Gasteiger partial charge in [0.15, 0.2) is 0 Å². The van der Waals surface area contributed by atoms with Crippen molar-refractivity contribution in [3.63, 3.8) is 0 Å². The summed E-state index contributed by atoms with van der Waals surface area (Å²) >= 11 is 0. The second-order valence-electron chi connectivity index (χ2n) is 6.89. The molecule has 1 N–H and O–H groups in total. The summed E-state index contributed by atoms with van der Waals surface area (Å²) in [6.07, 6.45) is 6.51. The van der Waals surface area contributed by atoms with Crippen LogP contribution in [-0.2, 0) is 6.54 Å². The fourth-order valence-corrected chi connectivity index (χ4v) is 3.42. The van der Waals surface area contributed by atoms with Crippen molar-refractivity contribution in [1.29, 1.82) is 0 Å². The van der Waals surface area contributed by atoms with E-state index in [1.54, 1.807) is 7.11 Å². The molecule has 0 radical (unpaired) electrons. The van der Waals surface area contributed by atoms with Crippen molar-refractivity contribution in [3.05, 3.63) is 30.2 Å². The van der Waals surface area contributed by atoms with Gasteiger partial charge in [0.25, 0.3) is 0 Å². The van der Waals surface area contributed by atoms with Crippen molar-refractivity contribution in [2.24, 2.45) is 0 Å². The summed E-state index contributed by atoms with van der Waals surface area (Å²) in [5.74, 6) is 1.75. The number of hydrogen-bond donors (Lipinski definition) is 1. The molecule has 1 aliphatic carbocycles. The smallest absolute Gasteiger partial charge is 0.318 e. The van der Waals surface area contributed by atoms with Crippen LogP contribution >= 0.6 is 0 Å². The number of nitrogens with zero attached hydrogens (tertiary/aromatic N) is 3. The highest BCUT2D eigenvalue weighted by molar-refractivity contribution is 5.74. The van der Waals surface area contributed by atoms with E-state index in [0.717, 1.165) is 43.4 Å². The first kappa shape index (κ1) is 19.2. The molecule has 0 spiro atoms. The third-order valence-corrected chi connectivity index (χ3v) is 4.92. The zero-order valence-corrected chi connectivity index (χ0v) is 16.1. The highest BCUT2D eigenvalue weighted by Gasteiger charge is 2.27. The van der Waals surface area contributed by atoms with Crippen LogP contribution in [0.25, 0.3) is 11.4 Å². The topological polar surface area (TPSA) is 80.5 Å². The minimum atomic E-state index is -0.0482. The van der Waals surface area contributed by atoms with Gasteiger partial charge in [-0.2, -0.15) is 4.98 Å². The molecule has 0 atom stereocenters. The molecule has 0 unspecified atom stereocenters. The first-order chi connectivity index (χ1) is 13.2. The van der Waals surface area contributed by atoms with E-state index in [4.69, 9.17) is 9.26 Å². The number of carbonyl (C=O) groups is 1. The molecule has 1 aromatic carbocycles. The highest BCUT2D eigenvalue weighted by atomic mass is 16.5. The lowest BCUT2D eigenvalue weighted by Crippen LogP contribution is -2.46. The lowest BCUT2D eigenvalue weighted by atomic mass is 9.94. The summed E-state index contributed by atoms with van der Waals surface area (Å²) in [6, 6.07) is 7.68. The van der Waals surface area contributed by atoms with Crippen LogP contribution in [0.5, 0.6) is 5.75 Å². The third-order valence-electron chi connectivity index (χ3n) is 4.92. The van der Waals surface area contributed by atoms with Crippen molar-refractivity contribution in [3.8, 4) is 17.1 Å². The Kier molecular flexibility index (Phi) is 6.68. The van der Waals surface area contributed by atoms with E-state index < -0.39 is 0 Å². The van der Waals surface area contributed by atoms with Crippen molar-refractivity contribution in [2.75, 3.05) is 13.7 Å². The number of aromatic nitrogens is 2. The van der Waals surface area contributed by atoms with Crippen LogP contribution in [-0.4, -0.2) is 40.8 Å². The number of nitrogens with one attached hydrogen (secondary N) is 1. The fraction of sp³-hybridized carbons (Fsp3) is 0.550. The van der Waals surface area contributed by atoms with Gasteiger partial charge >= 0.3 is 6.03 Å². The predicted molar refractivity (Wildman–Crippen MR) is 102 cm³/mol. The number of carbonyl (C=O) groups excluding carboxylic acids is 1. The van der Waals surface area contributed by atoms with Gasteiger partial charge in [-0.3, -0.25) is 0 Å². The number of ether oxygens (including phenoxy) is 1. The Morgan fingerprint density at radius 1 is 1.26 bits per heavy atom. The second kappa shape index (κ2) is 9.39. The third kappa shape index (κ3) is 4.99. The fourth-order valence-electron chi connectivity index (χ4n) is 3.42. The molecule has 7 heteroatoms. The summed E-state index contributed by atoms with van der Waals surface area (Å²) in [6.45, 7) is 3.05. The number of hydrogen-bond acceptors (Lipinski definition) is 5. The van der Waals surface area contributed by atoms with E-state index in [-0.39, 0.29) is 12.1 Å². The van der Waals surface area contributed by atoms with Crippen LogP contribution in [0.2, 0.25) is 0 Å². The standard InChI is InChI=1S/C20H28N4O3/c1-3-13-21-20(25)24(16-7-5-4-6-8-16)14-18-22-19(23-27-18)15-9-11-17(26-2)12-10-15/h9-12,16H,3-8,13-14H2,1-2H3,(H,21,25). The number of rotatable bonds is 7. The molecule has 0 bridgehead atoms. The number of benzene rings is 1. The monoisotopic (exact) mass is 372 g/mol. The Morgan fingerprint density at radius 2 is 2.00 bits per heavy atom. The predicted octanol–water partition coefficient (Wildman–Crippen LogP) is 4.00. The first-order valence-corrected chi connectivity index (χ1v) is 9.72. The average molecular weight is 372 g/mol. The van der Waals surface area contributed by atoms with E-state index in [1.807, 2.05) is 36.1 Å². The van der Waals surface area contributed by atoms with Crippen molar-refractivity contribution < 1.29 is 14.1 Å². The largest absolute Gasteiger partial charge is 0.497 e. The van der Waals surface area contributed by atoms with E-state index >= 15 is 0 Å². The molecule has 27 heavy (non-hydrogen) atoms. The SMILES string of the molecule is CCCNC(=O)N(Cc1nc(-c2ccc(OC)cc2)no1)C1CCCCC1. The quantitative estimate of drug-likeness (QED) is 0.794. The molecule has 1 fully saturated rings. The molecule has 1 aliphatic rings.